The highest BCUT2D eigenvalue weighted by molar-refractivity contribution is 6.33. The maximum atomic E-state index is 6.33. The van der Waals surface area contributed by atoms with E-state index >= 15 is 0 Å². The molecule has 1 aromatic heterocycles. The number of nitrogens with zero attached hydrogens (tertiary/aromatic N) is 4. The minimum absolute atomic E-state index is 0.667. The fraction of sp³-hybridized carbons (Fsp3) is 0.273. The van der Waals surface area contributed by atoms with Gasteiger partial charge in [-0.2, -0.15) is 0 Å². The molecule has 0 amide bonds. The predicted octanol–water partition coefficient (Wildman–Crippen LogP) is 4.68. The van der Waals surface area contributed by atoms with Gasteiger partial charge in [0.15, 0.2) is 5.82 Å². The summed E-state index contributed by atoms with van der Waals surface area (Å²) in [5.41, 5.74) is 1.84. The van der Waals surface area contributed by atoms with Gasteiger partial charge in [0.2, 0.25) is 0 Å². The molecule has 1 aliphatic heterocycles. The summed E-state index contributed by atoms with van der Waals surface area (Å²) >= 11 is 6.33. The van der Waals surface area contributed by atoms with E-state index in [0.717, 1.165) is 55.6 Å². The van der Waals surface area contributed by atoms with Crippen molar-refractivity contribution < 1.29 is 0 Å². The lowest BCUT2D eigenvalue weighted by atomic mass is 10.2. The highest BCUT2D eigenvalue weighted by atomic mass is 35.5. The third-order valence-electron chi connectivity index (χ3n) is 5.02. The van der Waals surface area contributed by atoms with E-state index in [2.05, 4.69) is 22.0 Å². The van der Waals surface area contributed by atoms with Gasteiger partial charge in [-0.25, -0.2) is 9.97 Å². The Bertz CT molecular complexity index is 923. The Labute approximate surface area is 171 Å². The lowest BCUT2D eigenvalue weighted by molar-refractivity contribution is 0.270. The van der Waals surface area contributed by atoms with Crippen LogP contribution in [-0.2, 0) is 0 Å². The zero-order chi connectivity index (χ0) is 19.3. The van der Waals surface area contributed by atoms with Crippen molar-refractivity contribution in [1.29, 1.82) is 0 Å². The fourth-order valence-electron chi connectivity index (χ4n) is 3.37. The van der Waals surface area contributed by atoms with Gasteiger partial charge in [0, 0.05) is 37.8 Å². The van der Waals surface area contributed by atoms with E-state index in [4.69, 9.17) is 21.6 Å². The second-order valence-corrected chi connectivity index (χ2v) is 7.23. The first kappa shape index (κ1) is 18.7. The number of hydrogen-bond acceptors (Lipinski definition) is 5. The van der Waals surface area contributed by atoms with Crippen LogP contribution in [0, 0.1) is 0 Å². The second kappa shape index (κ2) is 8.59. The van der Waals surface area contributed by atoms with Crippen LogP contribution < -0.4 is 10.2 Å². The zero-order valence-corrected chi connectivity index (χ0v) is 16.7. The summed E-state index contributed by atoms with van der Waals surface area (Å²) in [5, 5.41) is 4.03. The maximum absolute atomic E-state index is 6.33. The van der Waals surface area contributed by atoms with Gasteiger partial charge < -0.3 is 15.1 Å². The van der Waals surface area contributed by atoms with E-state index in [0.29, 0.717) is 10.8 Å². The third-order valence-corrected chi connectivity index (χ3v) is 5.35. The number of para-hydroxylation sites is 1. The average Bonchev–Trinajstić information content (AvgIpc) is 2.76. The number of hydrogen-bond donors (Lipinski definition) is 1. The monoisotopic (exact) mass is 393 g/mol. The van der Waals surface area contributed by atoms with E-state index in [1.807, 2.05) is 60.7 Å². The first-order chi connectivity index (χ1) is 13.7. The number of nitrogens with one attached hydrogen (secondary N) is 1. The van der Waals surface area contributed by atoms with Crippen LogP contribution in [0.4, 0.5) is 17.3 Å². The lowest BCUT2D eigenvalue weighted by Gasteiger charge is -2.35. The Morgan fingerprint density at radius 2 is 1.64 bits per heavy atom. The average molecular weight is 394 g/mol. The summed E-state index contributed by atoms with van der Waals surface area (Å²) in [5.74, 6) is 2.40. The summed E-state index contributed by atoms with van der Waals surface area (Å²) in [4.78, 5) is 14.4. The topological polar surface area (TPSA) is 44.3 Å². The number of aromatic nitrogens is 2. The Hall–Kier alpha value is -2.63. The molecule has 0 saturated carbocycles. The molecule has 0 bridgehead atoms. The summed E-state index contributed by atoms with van der Waals surface area (Å²) in [6.07, 6.45) is 0. The number of likely N-dealkylation sites (N-methyl/N-ethyl adjacent to an activating group) is 1. The molecule has 1 N–H and O–H groups in total. The number of halogens is 1. The van der Waals surface area contributed by atoms with Gasteiger partial charge >= 0.3 is 0 Å². The zero-order valence-electron chi connectivity index (χ0n) is 16.0. The molecule has 0 radical (unpaired) electrons. The summed E-state index contributed by atoms with van der Waals surface area (Å²) in [7, 11) is 0. The first-order valence-corrected chi connectivity index (χ1v) is 10.0. The van der Waals surface area contributed by atoms with Crippen LogP contribution in [0.5, 0.6) is 0 Å². The van der Waals surface area contributed by atoms with Crippen LogP contribution in [0.1, 0.15) is 6.92 Å². The molecule has 5 nitrogen and oxygen atoms in total. The molecule has 0 unspecified atom stereocenters. The molecule has 2 aromatic carbocycles. The van der Waals surface area contributed by atoms with Gasteiger partial charge in [-0.1, -0.05) is 61.0 Å². The van der Waals surface area contributed by atoms with Gasteiger partial charge in [-0.05, 0) is 18.7 Å². The molecule has 1 fully saturated rings. The summed E-state index contributed by atoms with van der Waals surface area (Å²) < 4.78 is 0. The molecular formula is C22H24ClN5. The molecule has 6 heteroatoms. The molecule has 1 saturated heterocycles. The van der Waals surface area contributed by atoms with Crippen molar-refractivity contribution in [3.05, 3.63) is 65.7 Å². The molecular weight excluding hydrogens is 370 g/mol. The van der Waals surface area contributed by atoms with E-state index in [1.165, 1.54) is 0 Å². The van der Waals surface area contributed by atoms with Crippen molar-refractivity contribution in [2.24, 2.45) is 0 Å². The standard InChI is InChI=1S/C22H24ClN5/c1-2-27-12-14-28(15-13-27)21-16-20(24-19-11-7-6-10-18(19)23)25-22(26-21)17-8-4-3-5-9-17/h3-11,16H,2,12-15H2,1H3,(H,24,25,26). The van der Waals surface area contributed by atoms with Crippen molar-refractivity contribution in [3.8, 4) is 11.4 Å². The van der Waals surface area contributed by atoms with E-state index in [1.54, 1.807) is 0 Å². The molecule has 4 rings (SSSR count). The summed E-state index contributed by atoms with van der Waals surface area (Å²) in [6, 6.07) is 19.8. The highest BCUT2D eigenvalue weighted by Crippen LogP contribution is 2.28. The van der Waals surface area contributed by atoms with Crippen molar-refractivity contribution in [2.75, 3.05) is 42.9 Å². The molecule has 0 spiro atoms. The van der Waals surface area contributed by atoms with Crippen molar-refractivity contribution in [1.82, 2.24) is 14.9 Å². The van der Waals surface area contributed by atoms with Gasteiger partial charge in [0.05, 0.1) is 10.7 Å². The number of piperazine rings is 1. The number of rotatable bonds is 5. The summed E-state index contributed by atoms with van der Waals surface area (Å²) in [6.45, 7) is 7.32. The van der Waals surface area contributed by atoms with Crippen LogP contribution in [0.25, 0.3) is 11.4 Å². The van der Waals surface area contributed by atoms with E-state index in [-0.39, 0.29) is 0 Å². The van der Waals surface area contributed by atoms with E-state index in [9.17, 15) is 0 Å². The van der Waals surface area contributed by atoms with Crippen LogP contribution in [0.15, 0.2) is 60.7 Å². The predicted molar refractivity (Wildman–Crippen MR) is 117 cm³/mol. The molecule has 1 aliphatic rings. The Morgan fingerprint density at radius 1 is 0.929 bits per heavy atom. The van der Waals surface area contributed by atoms with Crippen molar-refractivity contribution in [2.45, 2.75) is 6.92 Å². The largest absolute Gasteiger partial charge is 0.354 e. The molecule has 0 atom stereocenters. The van der Waals surface area contributed by atoms with Crippen LogP contribution >= 0.6 is 11.6 Å². The normalized spacial score (nSPS) is 14.9. The van der Waals surface area contributed by atoms with Crippen LogP contribution in [-0.4, -0.2) is 47.6 Å². The quantitative estimate of drug-likeness (QED) is 0.681. The number of benzene rings is 2. The smallest absolute Gasteiger partial charge is 0.163 e. The van der Waals surface area contributed by atoms with Gasteiger partial charge in [-0.3, -0.25) is 0 Å². The third kappa shape index (κ3) is 4.26. The Kier molecular flexibility index (Phi) is 5.74. The molecule has 2 heterocycles. The van der Waals surface area contributed by atoms with Crippen LogP contribution in [0.2, 0.25) is 5.02 Å². The minimum atomic E-state index is 0.667. The number of anilines is 3. The first-order valence-electron chi connectivity index (χ1n) is 9.66. The van der Waals surface area contributed by atoms with Crippen LogP contribution in [0.3, 0.4) is 0 Å². The Morgan fingerprint density at radius 3 is 2.36 bits per heavy atom. The second-order valence-electron chi connectivity index (χ2n) is 6.83. The van der Waals surface area contributed by atoms with Gasteiger partial charge in [0.1, 0.15) is 11.6 Å². The van der Waals surface area contributed by atoms with Gasteiger partial charge in [-0.15, -0.1) is 0 Å². The fourth-order valence-corrected chi connectivity index (χ4v) is 3.55. The maximum Gasteiger partial charge on any atom is 0.163 e. The molecule has 28 heavy (non-hydrogen) atoms. The molecule has 3 aromatic rings. The van der Waals surface area contributed by atoms with Crippen molar-refractivity contribution >= 4 is 28.9 Å². The minimum Gasteiger partial charge on any atom is -0.354 e. The lowest BCUT2D eigenvalue weighted by Crippen LogP contribution is -2.46. The molecule has 144 valence electrons. The SMILES string of the molecule is CCN1CCN(c2cc(Nc3ccccc3Cl)nc(-c3ccccc3)n2)CC1. The van der Waals surface area contributed by atoms with Gasteiger partial charge in [0.25, 0.3) is 0 Å². The Balaban J connectivity index is 1.68. The highest BCUT2D eigenvalue weighted by Gasteiger charge is 2.19. The van der Waals surface area contributed by atoms with Crippen molar-refractivity contribution in [3.63, 3.8) is 0 Å². The van der Waals surface area contributed by atoms with E-state index < -0.39 is 0 Å². The molecule has 0 aliphatic carbocycles.